The van der Waals surface area contributed by atoms with Gasteiger partial charge in [-0.2, -0.15) is 0 Å². The molecule has 2 aromatic carbocycles. The summed E-state index contributed by atoms with van der Waals surface area (Å²) in [5.41, 5.74) is 5.96. The van der Waals surface area contributed by atoms with Crippen molar-refractivity contribution >= 4 is 11.0 Å². The first-order valence-electron chi connectivity index (χ1n) is 8.95. The third kappa shape index (κ3) is 3.90. The van der Waals surface area contributed by atoms with Gasteiger partial charge in [0.1, 0.15) is 0 Å². The molecule has 0 atom stereocenters. The minimum Gasteiger partial charge on any atom is -0.493 e. The molecular weight excluding hydrogens is 324 g/mol. The number of benzene rings is 2. The first kappa shape index (κ1) is 18.1. The van der Waals surface area contributed by atoms with Crippen molar-refractivity contribution in [3.8, 4) is 11.5 Å². The third-order valence-electron chi connectivity index (χ3n) is 4.65. The number of hydrogen-bond donors (Lipinski definition) is 0. The Morgan fingerprint density at radius 3 is 2.69 bits per heavy atom. The SMILES string of the molecule is C=CCc1ccc(OCCCn2cnc3cc(C)c(C)cc32)c(OC)c1. The number of ether oxygens (including phenoxy) is 2. The Labute approximate surface area is 155 Å². The van der Waals surface area contributed by atoms with E-state index in [1.54, 1.807) is 7.11 Å². The molecule has 4 heteroatoms. The molecule has 0 saturated carbocycles. The number of allylic oxidation sites excluding steroid dienone is 1. The summed E-state index contributed by atoms with van der Waals surface area (Å²) in [5, 5.41) is 0. The summed E-state index contributed by atoms with van der Waals surface area (Å²) < 4.78 is 13.6. The normalized spacial score (nSPS) is 10.9. The molecule has 0 amide bonds. The third-order valence-corrected chi connectivity index (χ3v) is 4.65. The van der Waals surface area contributed by atoms with Crippen molar-refractivity contribution in [1.82, 2.24) is 9.55 Å². The van der Waals surface area contributed by atoms with Gasteiger partial charge in [0.25, 0.3) is 0 Å². The molecule has 0 fully saturated rings. The molecule has 3 rings (SSSR count). The summed E-state index contributed by atoms with van der Waals surface area (Å²) in [6, 6.07) is 10.4. The Balaban J connectivity index is 1.61. The molecule has 3 aromatic rings. The molecule has 0 aliphatic carbocycles. The van der Waals surface area contributed by atoms with Crippen molar-refractivity contribution < 1.29 is 9.47 Å². The lowest BCUT2D eigenvalue weighted by Gasteiger charge is -2.12. The maximum atomic E-state index is 5.93. The van der Waals surface area contributed by atoms with E-state index < -0.39 is 0 Å². The highest BCUT2D eigenvalue weighted by Crippen LogP contribution is 2.28. The second-order valence-corrected chi connectivity index (χ2v) is 6.54. The lowest BCUT2D eigenvalue weighted by molar-refractivity contribution is 0.283. The van der Waals surface area contributed by atoms with Crippen molar-refractivity contribution in [3.63, 3.8) is 0 Å². The zero-order chi connectivity index (χ0) is 18.5. The van der Waals surface area contributed by atoms with Crippen molar-refractivity contribution in [2.75, 3.05) is 13.7 Å². The Bertz CT molecular complexity index is 912. The predicted molar refractivity (Wildman–Crippen MR) is 106 cm³/mol. The van der Waals surface area contributed by atoms with Gasteiger partial charge < -0.3 is 14.0 Å². The Morgan fingerprint density at radius 1 is 1.12 bits per heavy atom. The average Bonchev–Trinajstić information content (AvgIpc) is 3.02. The fourth-order valence-corrected chi connectivity index (χ4v) is 3.03. The monoisotopic (exact) mass is 350 g/mol. The first-order chi connectivity index (χ1) is 12.6. The van der Waals surface area contributed by atoms with Gasteiger partial charge in [0.2, 0.25) is 0 Å². The van der Waals surface area contributed by atoms with Gasteiger partial charge in [-0.1, -0.05) is 12.1 Å². The van der Waals surface area contributed by atoms with Gasteiger partial charge in [-0.3, -0.25) is 0 Å². The second kappa shape index (κ2) is 8.09. The number of rotatable bonds is 8. The maximum Gasteiger partial charge on any atom is 0.161 e. The molecule has 1 aromatic heterocycles. The van der Waals surface area contributed by atoms with Crippen LogP contribution in [0.15, 0.2) is 49.3 Å². The molecule has 4 nitrogen and oxygen atoms in total. The van der Waals surface area contributed by atoms with Gasteiger partial charge in [0.05, 0.1) is 31.1 Å². The van der Waals surface area contributed by atoms with Crippen LogP contribution >= 0.6 is 0 Å². The quantitative estimate of drug-likeness (QED) is 0.430. The van der Waals surface area contributed by atoms with Crippen LogP contribution in [0.1, 0.15) is 23.1 Å². The average molecular weight is 350 g/mol. The van der Waals surface area contributed by atoms with Crippen LogP contribution in [0.4, 0.5) is 0 Å². The molecule has 0 radical (unpaired) electrons. The molecule has 1 heterocycles. The lowest BCUT2D eigenvalue weighted by atomic mass is 10.1. The Morgan fingerprint density at radius 2 is 1.92 bits per heavy atom. The van der Waals surface area contributed by atoms with Gasteiger partial charge >= 0.3 is 0 Å². The van der Waals surface area contributed by atoms with Crippen molar-refractivity contribution in [2.45, 2.75) is 33.2 Å². The molecular formula is C22H26N2O2. The zero-order valence-corrected chi connectivity index (χ0v) is 15.8. The highest BCUT2D eigenvalue weighted by Gasteiger charge is 2.07. The van der Waals surface area contributed by atoms with Gasteiger partial charge in [-0.05, 0) is 67.6 Å². The maximum absolute atomic E-state index is 5.93. The van der Waals surface area contributed by atoms with Gasteiger partial charge in [0, 0.05) is 6.54 Å². The standard InChI is InChI=1S/C22H26N2O2/c1-5-7-18-8-9-21(22(14-18)25-4)26-11-6-10-24-15-23-19-12-16(2)17(3)13-20(19)24/h5,8-9,12-15H,1,6-7,10-11H2,2-4H3. The van der Waals surface area contributed by atoms with E-state index >= 15 is 0 Å². The number of aryl methyl sites for hydroxylation is 3. The topological polar surface area (TPSA) is 36.3 Å². The zero-order valence-electron chi connectivity index (χ0n) is 15.8. The van der Waals surface area contributed by atoms with Crippen molar-refractivity contribution in [2.24, 2.45) is 0 Å². The predicted octanol–water partition coefficient (Wildman–Crippen LogP) is 4.86. The van der Waals surface area contributed by atoms with Crippen LogP contribution < -0.4 is 9.47 Å². The van der Waals surface area contributed by atoms with Crippen LogP contribution in [0.2, 0.25) is 0 Å². The number of hydrogen-bond acceptors (Lipinski definition) is 3. The van der Waals surface area contributed by atoms with E-state index in [-0.39, 0.29) is 0 Å². The van der Waals surface area contributed by atoms with Crippen LogP contribution in [0.5, 0.6) is 11.5 Å². The summed E-state index contributed by atoms with van der Waals surface area (Å²) in [7, 11) is 1.67. The van der Waals surface area contributed by atoms with E-state index in [2.05, 4.69) is 42.1 Å². The Hall–Kier alpha value is -2.75. The second-order valence-electron chi connectivity index (χ2n) is 6.54. The van der Waals surface area contributed by atoms with E-state index in [0.717, 1.165) is 36.4 Å². The summed E-state index contributed by atoms with van der Waals surface area (Å²) in [6.07, 6.45) is 5.52. The minimum absolute atomic E-state index is 0.627. The van der Waals surface area contributed by atoms with E-state index in [9.17, 15) is 0 Å². The number of methoxy groups -OCH3 is 1. The smallest absolute Gasteiger partial charge is 0.161 e. The summed E-state index contributed by atoms with van der Waals surface area (Å²) in [5.74, 6) is 1.55. The molecule has 26 heavy (non-hydrogen) atoms. The number of nitrogens with zero attached hydrogens (tertiary/aromatic N) is 2. The lowest BCUT2D eigenvalue weighted by Crippen LogP contribution is -2.05. The van der Waals surface area contributed by atoms with Gasteiger partial charge in [-0.15, -0.1) is 6.58 Å². The van der Waals surface area contributed by atoms with Crippen LogP contribution in [0, 0.1) is 13.8 Å². The van der Waals surface area contributed by atoms with E-state index in [1.807, 2.05) is 30.6 Å². The van der Waals surface area contributed by atoms with Crippen molar-refractivity contribution in [3.05, 3.63) is 66.0 Å². The fraction of sp³-hybridized carbons (Fsp3) is 0.318. The van der Waals surface area contributed by atoms with E-state index in [1.165, 1.54) is 22.2 Å². The summed E-state index contributed by atoms with van der Waals surface area (Å²) >= 11 is 0. The van der Waals surface area contributed by atoms with Gasteiger partial charge in [0.15, 0.2) is 11.5 Å². The molecule has 136 valence electrons. The summed E-state index contributed by atoms with van der Waals surface area (Å²) in [6.45, 7) is 9.53. The highest BCUT2D eigenvalue weighted by atomic mass is 16.5. The molecule has 0 saturated heterocycles. The van der Waals surface area contributed by atoms with Crippen LogP contribution in [0.25, 0.3) is 11.0 Å². The molecule has 0 N–H and O–H groups in total. The van der Waals surface area contributed by atoms with Gasteiger partial charge in [-0.25, -0.2) is 4.98 Å². The summed E-state index contributed by atoms with van der Waals surface area (Å²) in [4.78, 5) is 4.51. The molecule has 0 aliphatic heterocycles. The van der Waals surface area contributed by atoms with E-state index in [4.69, 9.17) is 9.47 Å². The number of imidazole rings is 1. The highest BCUT2D eigenvalue weighted by molar-refractivity contribution is 5.77. The van der Waals surface area contributed by atoms with Crippen LogP contribution in [0.3, 0.4) is 0 Å². The van der Waals surface area contributed by atoms with Crippen LogP contribution in [-0.2, 0) is 13.0 Å². The number of aromatic nitrogens is 2. The Kier molecular flexibility index (Phi) is 5.61. The molecule has 0 bridgehead atoms. The minimum atomic E-state index is 0.627. The van der Waals surface area contributed by atoms with Crippen molar-refractivity contribution in [1.29, 1.82) is 0 Å². The number of fused-ring (bicyclic) bond motifs is 1. The largest absolute Gasteiger partial charge is 0.493 e. The molecule has 0 spiro atoms. The molecule has 0 aliphatic rings. The first-order valence-corrected chi connectivity index (χ1v) is 8.95. The van der Waals surface area contributed by atoms with E-state index in [0.29, 0.717) is 6.61 Å². The molecule has 0 unspecified atom stereocenters. The fourth-order valence-electron chi connectivity index (χ4n) is 3.03. The van der Waals surface area contributed by atoms with Crippen LogP contribution in [-0.4, -0.2) is 23.3 Å².